The van der Waals surface area contributed by atoms with Gasteiger partial charge in [-0.05, 0) is 43.9 Å². The molecule has 1 fully saturated rings. The van der Waals surface area contributed by atoms with E-state index < -0.39 is 28.0 Å². The van der Waals surface area contributed by atoms with Crippen molar-refractivity contribution in [1.82, 2.24) is 14.5 Å². The van der Waals surface area contributed by atoms with Crippen molar-refractivity contribution in [2.45, 2.75) is 38.0 Å². The van der Waals surface area contributed by atoms with E-state index in [0.717, 1.165) is 12.8 Å². The Bertz CT molecular complexity index is 1030. The minimum absolute atomic E-state index is 0.00691. The molecular formula is C18H21ClF2N4O3S. The van der Waals surface area contributed by atoms with Gasteiger partial charge in [-0.15, -0.1) is 0 Å². The Hall–Kier alpha value is -2.04. The van der Waals surface area contributed by atoms with Crippen LogP contribution in [0.15, 0.2) is 23.1 Å². The smallest absolute Gasteiger partial charge is 0.284 e. The first-order valence-corrected chi connectivity index (χ1v) is 10.9. The second kappa shape index (κ2) is 8.37. The number of aromatic amines is 1. The highest BCUT2D eigenvalue weighted by atomic mass is 35.5. The second-order valence-corrected chi connectivity index (χ2v) is 9.43. The predicted octanol–water partition coefficient (Wildman–Crippen LogP) is 3.98. The minimum Gasteiger partial charge on any atom is -0.319 e. The van der Waals surface area contributed by atoms with Gasteiger partial charge in [0.05, 0.1) is 16.4 Å². The van der Waals surface area contributed by atoms with Gasteiger partial charge < -0.3 is 5.32 Å². The quantitative estimate of drug-likeness (QED) is 0.726. The first kappa shape index (κ1) is 21.7. The van der Waals surface area contributed by atoms with E-state index in [9.17, 15) is 22.0 Å². The number of nitrogens with zero attached hydrogens (tertiary/aromatic N) is 2. The Kier molecular flexibility index (Phi) is 6.25. The number of aromatic nitrogens is 2. The van der Waals surface area contributed by atoms with Gasteiger partial charge in [0, 0.05) is 18.7 Å². The molecule has 0 bridgehead atoms. The molecule has 7 nitrogen and oxygen atoms in total. The molecule has 1 aliphatic heterocycles. The van der Waals surface area contributed by atoms with Crippen LogP contribution in [0, 0.1) is 12.8 Å². The number of benzene rings is 1. The van der Waals surface area contributed by atoms with E-state index >= 15 is 0 Å². The van der Waals surface area contributed by atoms with Crippen LogP contribution in [0.5, 0.6) is 0 Å². The fraction of sp³-hybridized carbons (Fsp3) is 0.444. The second-order valence-electron chi connectivity index (χ2n) is 7.12. The first-order chi connectivity index (χ1) is 13.6. The number of carbonyl (C=O) groups is 1. The molecule has 0 saturated carbocycles. The molecular weight excluding hydrogens is 426 g/mol. The summed E-state index contributed by atoms with van der Waals surface area (Å²) in [5.41, 5.74) is -0.467. The lowest BCUT2D eigenvalue weighted by molar-refractivity contribution is 0.102. The van der Waals surface area contributed by atoms with E-state index in [-0.39, 0.29) is 32.8 Å². The number of piperidine rings is 1. The standard InChI is InChI=1S/C18H21ClF2N4O3S/c1-10-4-3-7-25(9-10)29(27,28)14-8-12(5-6-13(14)19)18(26)22-15-11(2)23-24-16(15)17(20)21/h5-6,8,10,17H,3-4,7,9H2,1-2H3,(H,22,26)(H,23,24)/t10-/m1/s1. The lowest BCUT2D eigenvalue weighted by atomic mass is 10.0. The van der Waals surface area contributed by atoms with Gasteiger partial charge in [-0.25, -0.2) is 17.2 Å². The summed E-state index contributed by atoms with van der Waals surface area (Å²) in [6.07, 6.45) is -1.19. The molecule has 0 radical (unpaired) electrons. The zero-order valence-corrected chi connectivity index (χ0v) is 17.4. The Morgan fingerprint density at radius 1 is 1.41 bits per heavy atom. The number of H-pyrrole nitrogens is 1. The lowest BCUT2D eigenvalue weighted by Gasteiger charge is -2.30. The largest absolute Gasteiger partial charge is 0.319 e. The summed E-state index contributed by atoms with van der Waals surface area (Å²) in [4.78, 5) is 12.4. The fourth-order valence-electron chi connectivity index (χ4n) is 3.30. The van der Waals surface area contributed by atoms with Crippen molar-refractivity contribution in [3.63, 3.8) is 0 Å². The van der Waals surface area contributed by atoms with Crippen LogP contribution >= 0.6 is 11.6 Å². The molecule has 1 amide bonds. The van der Waals surface area contributed by atoms with Crippen LogP contribution in [-0.4, -0.2) is 41.9 Å². The molecule has 1 aromatic heterocycles. The highest BCUT2D eigenvalue weighted by Gasteiger charge is 2.31. The van der Waals surface area contributed by atoms with Crippen LogP contribution in [0.1, 0.15) is 47.9 Å². The van der Waals surface area contributed by atoms with Crippen LogP contribution in [0.3, 0.4) is 0 Å². The maximum Gasteiger partial charge on any atom is 0.284 e. The van der Waals surface area contributed by atoms with Gasteiger partial charge in [-0.2, -0.15) is 9.40 Å². The van der Waals surface area contributed by atoms with Crippen molar-refractivity contribution in [3.05, 3.63) is 40.2 Å². The monoisotopic (exact) mass is 446 g/mol. The molecule has 0 spiro atoms. The van der Waals surface area contributed by atoms with Crippen LogP contribution in [0.25, 0.3) is 0 Å². The van der Waals surface area contributed by atoms with Gasteiger partial charge >= 0.3 is 0 Å². The highest BCUT2D eigenvalue weighted by Crippen LogP contribution is 2.31. The first-order valence-electron chi connectivity index (χ1n) is 9.05. The number of amides is 1. The van der Waals surface area contributed by atoms with Gasteiger partial charge in [0.25, 0.3) is 12.3 Å². The van der Waals surface area contributed by atoms with Gasteiger partial charge in [0.2, 0.25) is 10.0 Å². The maximum absolute atomic E-state index is 13.1. The highest BCUT2D eigenvalue weighted by molar-refractivity contribution is 7.89. The predicted molar refractivity (Wildman–Crippen MR) is 105 cm³/mol. The molecule has 11 heteroatoms. The molecule has 1 saturated heterocycles. The Morgan fingerprint density at radius 3 is 2.79 bits per heavy atom. The van der Waals surface area contributed by atoms with Gasteiger partial charge in [0.1, 0.15) is 4.90 Å². The summed E-state index contributed by atoms with van der Waals surface area (Å²) in [6.45, 7) is 4.22. The van der Waals surface area contributed by atoms with Crippen LogP contribution < -0.4 is 5.32 Å². The van der Waals surface area contributed by atoms with Gasteiger partial charge in [-0.1, -0.05) is 18.5 Å². The van der Waals surface area contributed by atoms with Crippen molar-refractivity contribution >= 4 is 33.2 Å². The lowest BCUT2D eigenvalue weighted by Crippen LogP contribution is -2.39. The molecule has 1 atom stereocenters. The zero-order chi connectivity index (χ0) is 21.3. The number of sulfonamides is 1. The molecule has 2 heterocycles. The SMILES string of the molecule is Cc1[nH]nc(C(F)F)c1NC(=O)c1ccc(Cl)c(S(=O)(=O)N2CCC[C@@H](C)C2)c1. The normalized spacial score (nSPS) is 18.2. The van der Waals surface area contributed by atoms with Crippen LogP contribution in [0.2, 0.25) is 5.02 Å². The van der Waals surface area contributed by atoms with Gasteiger partial charge in [0.15, 0.2) is 5.69 Å². The zero-order valence-electron chi connectivity index (χ0n) is 15.9. The molecule has 29 heavy (non-hydrogen) atoms. The summed E-state index contributed by atoms with van der Waals surface area (Å²) in [7, 11) is -3.89. The topological polar surface area (TPSA) is 95.2 Å². The van der Waals surface area contributed by atoms with E-state index in [1.807, 2.05) is 6.92 Å². The van der Waals surface area contributed by atoms with E-state index in [1.165, 1.54) is 29.4 Å². The Labute approximate surface area is 172 Å². The molecule has 2 aromatic rings. The molecule has 158 valence electrons. The van der Waals surface area contributed by atoms with Gasteiger partial charge in [-0.3, -0.25) is 9.89 Å². The molecule has 3 rings (SSSR count). The number of hydrogen-bond donors (Lipinski definition) is 2. The van der Waals surface area contributed by atoms with Crippen molar-refractivity contribution in [3.8, 4) is 0 Å². The number of nitrogens with one attached hydrogen (secondary N) is 2. The third-order valence-electron chi connectivity index (χ3n) is 4.85. The van der Waals surface area contributed by atoms with E-state index in [1.54, 1.807) is 0 Å². The number of anilines is 1. The summed E-state index contributed by atoms with van der Waals surface area (Å²) < 4.78 is 53.6. The Balaban J connectivity index is 1.91. The van der Waals surface area contributed by atoms with Crippen LogP contribution in [-0.2, 0) is 10.0 Å². The average Bonchev–Trinajstić information content (AvgIpc) is 3.02. The van der Waals surface area contributed by atoms with E-state index in [4.69, 9.17) is 11.6 Å². The molecule has 1 aromatic carbocycles. The van der Waals surface area contributed by atoms with Crippen molar-refractivity contribution in [2.24, 2.45) is 5.92 Å². The third-order valence-corrected chi connectivity index (χ3v) is 7.20. The number of rotatable bonds is 5. The number of carbonyl (C=O) groups excluding carboxylic acids is 1. The molecule has 0 unspecified atom stereocenters. The van der Waals surface area contributed by atoms with Crippen molar-refractivity contribution < 1.29 is 22.0 Å². The third kappa shape index (κ3) is 4.44. The van der Waals surface area contributed by atoms with Crippen LogP contribution in [0.4, 0.5) is 14.5 Å². The average molecular weight is 447 g/mol. The van der Waals surface area contributed by atoms with E-state index in [2.05, 4.69) is 15.5 Å². The summed E-state index contributed by atoms with van der Waals surface area (Å²) in [6, 6.07) is 3.82. The fourth-order valence-corrected chi connectivity index (χ4v) is 5.39. The number of hydrogen-bond acceptors (Lipinski definition) is 4. The van der Waals surface area contributed by atoms with E-state index in [0.29, 0.717) is 13.1 Å². The van der Waals surface area contributed by atoms with Crippen molar-refractivity contribution in [1.29, 1.82) is 0 Å². The molecule has 2 N–H and O–H groups in total. The summed E-state index contributed by atoms with van der Waals surface area (Å²) in [5.74, 6) is -0.517. The van der Waals surface area contributed by atoms with Crippen molar-refractivity contribution in [2.75, 3.05) is 18.4 Å². The Morgan fingerprint density at radius 2 is 2.14 bits per heavy atom. The molecule has 1 aliphatic rings. The minimum atomic E-state index is -3.89. The molecule has 0 aliphatic carbocycles. The summed E-state index contributed by atoms with van der Waals surface area (Å²) >= 11 is 6.12. The number of aryl methyl sites for hydroxylation is 1. The summed E-state index contributed by atoms with van der Waals surface area (Å²) in [5, 5.41) is 8.26. The number of halogens is 3. The number of alkyl halides is 2. The maximum atomic E-state index is 13.1.